The monoisotopic (exact) mass is 330 g/mol. The molecule has 124 valence electrons. The largest absolute Gasteiger partial charge is 0.497 e. The molecule has 2 N–H and O–H groups in total. The highest BCUT2D eigenvalue weighted by Gasteiger charge is 2.24. The van der Waals surface area contributed by atoms with Crippen LogP contribution < -0.4 is 20.1 Å². The van der Waals surface area contributed by atoms with Gasteiger partial charge in [0.1, 0.15) is 17.3 Å². The van der Waals surface area contributed by atoms with Gasteiger partial charge in [0.15, 0.2) is 6.10 Å². The quantitative estimate of drug-likeness (QED) is 0.907. The molecule has 1 aliphatic rings. The summed E-state index contributed by atoms with van der Waals surface area (Å²) in [5.74, 6) is -0.725. The van der Waals surface area contributed by atoms with Gasteiger partial charge in [0.25, 0.3) is 11.8 Å². The van der Waals surface area contributed by atoms with Crippen LogP contribution in [0.4, 0.5) is 15.8 Å². The average molecular weight is 330 g/mol. The molecule has 0 radical (unpaired) electrons. The Bertz CT molecular complexity index is 822. The first kappa shape index (κ1) is 15.8. The van der Waals surface area contributed by atoms with E-state index in [-0.39, 0.29) is 11.5 Å². The van der Waals surface area contributed by atoms with Crippen molar-refractivity contribution in [1.82, 2.24) is 0 Å². The average Bonchev–Trinajstić information content (AvgIpc) is 2.56. The predicted octanol–water partition coefficient (Wildman–Crippen LogP) is 2.81. The Morgan fingerprint density at radius 3 is 2.79 bits per heavy atom. The van der Waals surface area contributed by atoms with Crippen molar-refractivity contribution >= 4 is 23.2 Å². The van der Waals surface area contributed by atoms with Crippen molar-refractivity contribution in [2.24, 2.45) is 0 Å². The fourth-order valence-electron chi connectivity index (χ4n) is 2.29. The summed E-state index contributed by atoms with van der Waals surface area (Å²) in [4.78, 5) is 23.8. The Labute approximate surface area is 137 Å². The Hall–Kier alpha value is -3.09. The lowest BCUT2D eigenvalue weighted by Gasteiger charge is -2.23. The number of carbonyl (C=O) groups excluding carboxylic acids is 2. The third-order valence-electron chi connectivity index (χ3n) is 3.59. The molecule has 0 bridgehead atoms. The number of fused-ring (bicyclic) bond motifs is 1. The first-order chi connectivity index (χ1) is 11.5. The molecule has 1 unspecified atom stereocenters. The molecule has 0 saturated carbocycles. The molecule has 7 heteroatoms. The van der Waals surface area contributed by atoms with Crippen molar-refractivity contribution in [1.29, 1.82) is 0 Å². The van der Waals surface area contributed by atoms with Gasteiger partial charge in [0, 0.05) is 11.8 Å². The Morgan fingerprint density at radius 1 is 1.29 bits per heavy atom. The zero-order valence-electron chi connectivity index (χ0n) is 13.1. The van der Waals surface area contributed by atoms with Gasteiger partial charge in [-0.25, -0.2) is 4.39 Å². The van der Waals surface area contributed by atoms with Crippen LogP contribution in [-0.2, 0) is 4.79 Å². The summed E-state index contributed by atoms with van der Waals surface area (Å²) >= 11 is 0. The van der Waals surface area contributed by atoms with E-state index in [1.807, 2.05) is 0 Å². The number of halogens is 1. The number of ether oxygens (including phenoxy) is 2. The molecule has 2 aromatic rings. The van der Waals surface area contributed by atoms with Gasteiger partial charge < -0.3 is 20.1 Å². The third kappa shape index (κ3) is 3.01. The number of nitrogens with one attached hydrogen (secondary N) is 2. The van der Waals surface area contributed by atoms with Crippen LogP contribution in [0, 0.1) is 5.82 Å². The Kier molecular flexibility index (Phi) is 4.07. The third-order valence-corrected chi connectivity index (χ3v) is 3.59. The van der Waals surface area contributed by atoms with E-state index in [9.17, 15) is 14.0 Å². The molecule has 1 aliphatic heterocycles. The molecule has 0 fully saturated rings. The van der Waals surface area contributed by atoms with Crippen molar-refractivity contribution in [2.45, 2.75) is 13.0 Å². The molecular weight excluding hydrogens is 315 g/mol. The molecule has 1 heterocycles. The van der Waals surface area contributed by atoms with E-state index in [4.69, 9.17) is 9.47 Å². The van der Waals surface area contributed by atoms with Crippen LogP contribution in [0.1, 0.15) is 17.3 Å². The minimum absolute atomic E-state index is 0.109. The zero-order chi connectivity index (χ0) is 17.3. The van der Waals surface area contributed by atoms with Crippen molar-refractivity contribution in [3.8, 4) is 11.5 Å². The number of rotatable bonds is 3. The summed E-state index contributed by atoms with van der Waals surface area (Å²) in [6, 6.07) is 8.78. The van der Waals surface area contributed by atoms with Gasteiger partial charge in [-0.15, -0.1) is 0 Å². The van der Waals surface area contributed by atoms with Crippen LogP contribution in [0.5, 0.6) is 11.5 Å². The number of benzene rings is 2. The van der Waals surface area contributed by atoms with Gasteiger partial charge in [-0.1, -0.05) is 0 Å². The van der Waals surface area contributed by atoms with Gasteiger partial charge in [0.05, 0.1) is 18.4 Å². The van der Waals surface area contributed by atoms with E-state index in [0.29, 0.717) is 22.9 Å². The molecule has 3 rings (SSSR count). The second-order valence-corrected chi connectivity index (χ2v) is 5.26. The van der Waals surface area contributed by atoms with Crippen LogP contribution in [0.15, 0.2) is 36.4 Å². The number of anilines is 2. The van der Waals surface area contributed by atoms with E-state index in [1.165, 1.54) is 19.2 Å². The fraction of sp³-hybridized carbons (Fsp3) is 0.176. The molecule has 24 heavy (non-hydrogen) atoms. The van der Waals surface area contributed by atoms with Gasteiger partial charge >= 0.3 is 0 Å². The minimum Gasteiger partial charge on any atom is -0.497 e. The molecular formula is C17H15FN2O4. The van der Waals surface area contributed by atoms with Gasteiger partial charge in [0.2, 0.25) is 0 Å². The maximum absolute atomic E-state index is 13.9. The van der Waals surface area contributed by atoms with Crippen molar-refractivity contribution in [3.05, 3.63) is 47.8 Å². The lowest BCUT2D eigenvalue weighted by atomic mass is 10.1. The second-order valence-electron chi connectivity index (χ2n) is 5.26. The number of amides is 2. The number of carbonyl (C=O) groups is 2. The van der Waals surface area contributed by atoms with Crippen LogP contribution >= 0.6 is 0 Å². The molecule has 2 amide bonds. The van der Waals surface area contributed by atoms with Crippen LogP contribution in [0.3, 0.4) is 0 Å². The number of hydrogen-bond donors (Lipinski definition) is 2. The first-order valence-corrected chi connectivity index (χ1v) is 7.24. The fourth-order valence-corrected chi connectivity index (χ4v) is 2.29. The smallest absolute Gasteiger partial charge is 0.265 e. The topological polar surface area (TPSA) is 76.7 Å². The normalized spacial score (nSPS) is 15.8. The summed E-state index contributed by atoms with van der Waals surface area (Å²) in [6.07, 6.45) is -0.577. The predicted molar refractivity (Wildman–Crippen MR) is 86.1 cm³/mol. The van der Waals surface area contributed by atoms with E-state index in [2.05, 4.69) is 10.6 Å². The lowest BCUT2D eigenvalue weighted by molar-refractivity contribution is -0.122. The maximum Gasteiger partial charge on any atom is 0.265 e. The van der Waals surface area contributed by atoms with E-state index in [0.717, 1.165) is 6.07 Å². The Morgan fingerprint density at radius 2 is 2.08 bits per heavy atom. The number of hydrogen-bond acceptors (Lipinski definition) is 4. The van der Waals surface area contributed by atoms with Crippen LogP contribution in [-0.4, -0.2) is 25.0 Å². The molecule has 6 nitrogen and oxygen atoms in total. The van der Waals surface area contributed by atoms with Crippen LogP contribution in [0.2, 0.25) is 0 Å². The van der Waals surface area contributed by atoms with Gasteiger partial charge in [-0.05, 0) is 37.3 Å². The summed E-state index contributed by atoms with van der Waals surface area (Å²) < 4.78 is 24.3. The molecule has 0 aliphatic carbocycles. The minimum atomic E-state index is -0.685. The van der Waals surface area contributed by atoms with Crippen LogP contribution in [0.25, 0.3) is 0 Å². The second kappa shape index (κ2) is 6.19. The molecule has 2 aromatic carbocycles. The zero-order valence-corrected chi connectivity index (χ0v) is 13.1. The van der Waals surface area contributed by atoms with E-state index in [1.54, 1.807) is 25.1 Å². The molecule has 0 aromatic heterocycles. The maximum atomic E-state index is 13.9. The first-order valence-electron chi connectivity index (χ1n) is 7.24. The Balaban J connectivity index is 1.80. The summed E-state index contributed by atoms with van der Waals surface area (Å²) in [5, 5.41) is 5.27. The van der Waals surface area contributed by atoms with Crippen molar-refractivity contribution < 1.29 is 23.5 Å². The molecule has 0 spiro atoms. The van der Waals surface area contributed by atoms with Crippen molar-refractivity contribution in [2.75, 3.05) is 17.7 Å². The summed E-state index contributed by atoms with van der Waals surface area (Å²) in [7, 11) is 1.42. The lowest BCUT2D eigenvalue weighted by Crippen LogP contribution is -2.34. The standard InChI is InChI=1S/C17H15FN2O4/c1-9-16(21)20-14-7-10(3-6-15(14)24-9)19-17(22)12-5-4-11(23-2)8-13(12)18/h3-9H,1-2H3,(H,19,22)(H,20,21). The highest BCUT2D eigenvalue weighted by Crippen LogP contribution is 2.32. The van der Waals surface area contributed by atoms with E-state index >= 15 is 0 Å². The molecule has 1 atom stereocenters. The van der Waals surface area contributed by atoms with E-state index < -0.39 is 17.8 Å². The number of methoxy groups -OCH3 is 1. The highest BCUT2D eigenvalue weighted by molar-refractivity contribution is 6.05. The molecule has 0 saturated heterocycles. The van der Waals surface area contributed by atoms with Gasteiger partial charge in [-0.2, -0.15) is 0 Å². The highest BCUT2D eigenvalue weighted by atomic mass is 19.1. The summed E-state index contributed by atoms with van der Waals surface area (Å²) in [6.45, 7) is 1.64. The van der Waals surface area contributed by atoms with Crippen molar-refractivity contribution in [3.63, 3.8) is 0 Å². The SMILES string of the molecule is COc1ccc(C(=O)Nc2ccc3c(c2)NC(=O)C(C)O3)c(F)c1. The summed E-state index contributed by atoms with van der Waals surface area (Å²) in [5.41, 5.74) is 0.751. The van der Waals surface area contributed by atoms with Gasteiger partial charge in [-0.3, -0.25) is 9.59 Å².